The van der Waals surface area contributed by atoms with E-state index in [1.54, 1.807) is 25.7 Å². The van der Waals surface area contributed by atoms with Crippen LogP contribution in [-0.4, -0.2) is 48.0 Å². The van der Waals surface area contributed by atoms with Gasteiger partial charge in [0, 0.05) is 13.1 Å². The molecular formula is C27H45N3O4. The van der Waals surface area contributed by atoms with Gasteiger partial charge in [0.25, 0.3) is 0 Å². The number of hydrogen-bond donors (Lipinski definition) is 2. The first kappa shape index (κ1) is 29.5. The Morgan fingerprint density at radius 1 is 0.971 bits per heavy atom. The summed E-state index contributed by atoms with van der Waals surface area (Å²) in [5.74, 6) is -0.497. The number of rotatable bonds is 13. The van der Waals surface area contributed by atoms with Crippen LogP contribution < -0.4 is 10.6 Å². The van der Waals surface area contributed by atoms with Gasteiger partial charge in [-0.3, -0.25) is 9.59 Å². The zero-order valence-corrected chi connectivity index (χ0v) is 22.3. The van der Waals surface area contributed by atoms with Crippen molar-refractivity contribution in [3.63, 3.8) is 0 Å². The summed E-state index contributed by atoms with van der Waals surface area (Å²) in [6.45, 7) is 14.2. The van der Waals surface area contributed by atoms with Gasteiger partial charge in [0.1, 0.15) is 18.2 Å². The zero-order valence-electron chi connectivity index (χ0n) is 22.3. The SMILES string of the molecule is CCCCCNC(=O)C(c1cc(C)ccc1C)N(CCCCC)C(=O)CNC(=O)OC(C)(C)C. The second-order valence-corrected chi connectivity index (χ2v) is 9.91. The van der Waals surface area contributed by atoms with Crippen LogP contribution in [0.5, 0.6) is 0 Å². The van der Waals surface area contributed by atoms with Crippen LogP contribution in [0.1, 0.15) is 95.9 Å². The number of benzene rings is 1. The summed E-state index contributed by atoms with van der Waals surface area (Å²) in [5, 5.41) is 5.60. The van der Waals surface area contributed by atoms with E-state index in [2.05, 4.69) is 24.5 Å². The molecule has 1 rings (SSSR count). The van der Waals surface area contributed by atoms with Gasteiger partial charge in [-0.2, -0.15) is 0 Å². The molecule has 1 aromatic carbocycles. The summed E-state index contributed by atoms with van der Waals surface area (Å²) in [6, 6.07) is 5.21. The molecule has 0 aliphatic heterocycles. The summed E-state index contributed by atoms with van der Waals surface area (Å²) in [4.78, 5) is 40.6. The third-order valence-electron chi connectivity index (χ3n) is 5.47. The van der Waals surface area contributed by atoms with E-state index in [-0.39, 0.29) is 18.4 Å². The van der Waals surface area contributed by atoms with E-state index in [0.717, 1.165) is 55.2 Å². The minimum absolute atomic E-state index is 0.188. The lowest BCUT2D eigenvalue weighted by Crippen LogP contribution is -2.48. The van der Waals surface area contributed by atoms with Crippen LogP contribution >= 0.6 is 0 Å². The molecule has 192 valence electrons. The van der Waals surface area contributed by atoms with Crippen molar-refractivity contribution in [1.29, 1.82) is 0 Å². The Kier molecular flexibility index (Phi) is 12.7. The minimum atomic E-state index is -0.758. The first-order valence-corrected chi connectivity index (χ1v) is 12.6. The third-order valence-corrected chi connectivity index (χ3v) is 5.47. The van der Waals surface area contributed by atoms with Crippen molar-refractivity contribution in [2.75, 3.05) is 19.6 Å². The summed E-state index contributed by atoms with van der Waals surface area (Å²) in [5.41, 5.74) is 2.13. The van der Waals surface area contributed by atoms with E-state index in [4.69, 9.17) is 4.74 Å². The number of nitrogens with one attached hydrogen (secondary N) is 2. The second kappa shape index (κ2) is 14.6. The molecule has 34 heavy (non-hydrogen) atoms. The van der Waals surface area contributed by atoms with Crippen LogP contribution in [0.15, 0.2) is 18.2 Å². The maximum atomic E-state index is 13.5. The lowest BCUT2D eigenvalue weighted by Gasteiger charge is -2.33. The fraction of sp³-hybridized carbons (Fsp3) is 0.667. The molecule has 0 saturated heterocycles. The molecule has 1 unspecified atom stereocenters. The van der Waals surface area contributed by atoms with E-state index in [1.165, 1.54) is 0 Å². The molecule has 7 heteroatoms. The fourth-order valence-electron chi connectivity index (χ4n) is 3.68. The number of amides is 3. The van der Waals surface area contributed by atoms with Crippen molar-refractivity contribution in [1.82, 2.24) is 15.5 Å². The maximum absolute atomic E-state index is 13.5. The zero-order chi connectivity index (χ0) is 25.7. The number of unbranched alkanes of at least 4 members (excludes halogenated alkanes) is 4. The number of nitrogens with zero attached hydrogens (tertiary/aromatic N) is 1. The number of carbonyl (C=O) groups is 3. The van der Waals surface area contributed by atoms with Gasteiger partial charge in [0.05, 0.1) is 0 Å². The quantitative estimate of drug-likeness (QED) is 0.384. The van der Waals surface area contributed by atoms with Crippen LogP contribution in [-0.2, 0) is 14.3 Å². The first-order valence-electron chi connectivity index (χ1n) is 12.6. The molecule has 0 heterocycles. The topological polar surface area (TPSA) is 87.7 Å². The number of carbonyl (C=O) groups excluding carboxylic acids is 3. The van der Waals surface area contributed by atoms with E-state index in [9.17, 15) is 14.4 Å². The Morgan fingerprint density at radius 3 is 2.24 bits per heavy atom. The van der Waals surface area contributed by atoms with E-state index in [1.807, 2.05) is 32.0 Å². The van der Waals surface area contributed by atoms with Gasteiger partial charge in [0.2, 0.25) is 11.8 Å². The lowest BCUT2D eigenvalue weighted by molar-refractivity contribution is -0.140. The maximum Gasteiger partial charge on any atom is 0.408 e. The smallest absolute Gasteiger partial charge is 0.408 e. The summed E-state index contributed by atoms with van der Waals surface area (Å²) in [6.07, 6.45) is 5.06. The van der Waals surface area contributed by atoms with E-state index < -0.39 is 17.7 Å². The predicted octanol–water partition coefficient (Wildman–Crippen LogP) is 5.19. The molecule has 0 spiro atoms. The van der Waals surface area contributed by atoms with Crippen molar-refractivity contribution in [3.05, 3.63) is 34.9 Å². The van der Waals surface area contributed by atoms with Gasteiger partial charge in [-0.15, -0.1) is 0 Å². The predicted molar refractivity (Wildman–Crippen MR) is 137 cm³/mol. The molecule has 0 bridgehead atoms. The molecule has 0 aliphatic rings. The van der Waals surface area contributed by atoms with Crippen LogP contribution in [0, 0.1) is 13.8 Å². The lowest BCUT2D eigenvalue weighted by atomic mass is 9.96. The van der Waals surface area contributed by atoms with Crippen LogP contribution in [0.3, 0.4) is 0 Å². The monoisotopic (exact) mass is 475 g/mol. The van der Waals surface area contributed by atoms with Crippen LogP contribution in [0.2, 0.25) is 0 Å². The van der Waals surface area contributed by atoms with Gasteiger partial charge in [-0.1, -0.05) is 63.3 Å². The van der Waals surface area contributed by atoms with Crippen molar-refractivity contribution in [3.8, 4) is 0 Å². The summed E-state index contributed by atoms with van der Waals surface area (Å²) in [7, 11) is 0. The highest BCUT2D eigenvalue weighted by molar-refractivity contribution is 5.90. The minimum Gasteiger partial charge on any atom is -0.444 e. The molecule has 0 fully saturated rings. The number of alkyl carbamates (subject to hydrolysis) is 1. The number of aryl methyl sites for hydroxylation is 2. The van der Waals surface area contributed by atoms with Crippen LogP contribution in [0.4, 0.5) is 4.79 Å². The first-order chi connectivity index (χ1) is 16.0. The highest BCUT2D eigenvalue weighted by Gasteiger charge is 2.32. The highest BCUT2D eigenvalue weighted by atomic mass is 16.6. The Labute approximate surface area is 206 Å². The van der Waals surface area contributed by atoms with Crippen molar-refractivity contribution < 1.29 is 19.1 Å². The third kappa shape index (κ3) is 10.6. The van der Waals surface area contributed by atoms with Crippen molar-refractivity contribution in [2.24, 2.45) is 0 Å². The Hall–Kier alpha value is -2.57. The average Bonchev–Trinajstić information content (AvgIpc) is 2.75. The molecule has 0 saturated carbocycles. The Balaban J connectivity index is 3.21. The normalized spacial score (nSPS) is 12.1. The van der Waals surface area contributed by atoms with E-state index >= 15 is 0 Å². The van der Waals surface area contributed by atoms with Gasteiger partial charge in [-0.05, 0) is 58.6 Å². The molecule has 1 atom stereocenters. The van der Waals surface area contributed by atoms with Gasteiger partial charge < -0.3 is 20.3 Å². The average molecular weight is 476 g/mol. The molecule has 2 N–H and O–H groups in total. The van der Waals surface area contributed by atoms with Gasteiger partial charge in [-0.25, -0.2) is 4.79 Å². The number of ether oxygens (including phenoxy) is 1. The molecule has 3 amide bonds. The second-order valence-electron chi connectivity index (χ2n) is 9.91. The standard InChI is InChI=1S/C27H45N3O4/c1-8-10-12-16-28-25(32)24(22-18-20(3)14-15-21(22)4)30(17-13-11-9-2)23(31)19-29-26(33)34-27(5,6)7/h14-15,18,24H,8-13,16-17,19H2,1-7H3,(H,28,32)(H,29,33). The number of hydrogen-bond acceptors (Lipinski definition) is 4. The van der Waals surface area contributed by atoms with Crippen molar-refractivity contribution >= 4 is 17.9 Å². The van der Waals surface area contributed by atoms with Gasteiger partial charge >= 0.3 is 6.09 Å². The Bertz CT molecular complexity index is 802. The fourth-order valence-corrected chi connectivity index (χ4v) is 3.68. The summed E-state index contributed by atoms with van der Waals surface area (Å²) < 4.78 is 5.27. The molecule has 0 radical (unpaired) electrons. The molecule has 0 aromatic heterocycles. The molecule has 7 nitrogen and oxygen atoms in total. The molecule has 0 aliphatic carbocycles. The van der Waals surface area contributed by atoms with Gasteiger partial charge in [0.15, 0.2) is 0 Å². The van der Waals surface area contributed by atoms with Crippen LogP contribution in [0.25, 0.3) is 0 Å². The molecule has 1 aromatic rings. The summed E-state index contributed by atoms with van der Waals surface area (Å²) >= 11 is 0. The molecular weight excluding hydrogens is 430 g/mol. The van der Waals surface area contributed by atoms with E-state index in [0.29, 0.717) is 13.1 Å². The highest BCUT2D eigenvalue weighted by Crippen LogP contribution is 2.26. The Morgan fingerprint density at radius 2 is 1.62 bits per heavy atom. The largest absolute Gasteiger partial charge is 0.444 e. The van der Waals surface area contributed by atoms with Crippen molar-refractivity contribution in [2.45, 2.75) is 98.6 Å².